The van der Waals surface area contributed by atoms with E-state index in [1.165, 1.54) is 13.8 Å². The second-order valence-corrected chi connectivity index (χ2v) is 3.53. The van der Waals surface area contributed by atoms with E-state index in [1.807, 2.05) is 10.6 Å². The number of carbonyl (C=O) groups excluding carboxylic acids is 4. The first-order valence-corrected chi connectivity index (χ1v) is 4.93. The fourth-order valence-corrected chi connectivity index (χ4v) is 0.672. The third-order valence-corrected chi connectivity index (χ3v) is 1.63. The molecule has 0 aromatic heterocycles. The number of amides is 4. The average Bonchev–Trinajstić information content (AvgIpc) is 2.25. The summed E-state index contributed by atoms with van der Waals surface area (Å²) >= 11 is 0. The van der Waals surface area contributed by atoms with Crippen LogP contribution < -0.4 is 10.6 Å². The number of nitrogens with one attached hydrogen (secondary N) is 2. The summed E-state index contributed by atoms with van der Waals surface area (Å²) in [6.07, 6.45) is 1.67. The smallest absolute Gasteiger partial charge is 0.253 e. The van der Waals surface area contributed by atoms with Gasteiger partial charge < -0.3 is 0 Å². The van der Waals surface area contributed by atoms with E-state index in [0.29, 0.717) is 0 Å². The Morgan fingerprint density at radius 2 is 1.06 bits per heavy atom. The topological polar surface area (TPSA) is 92.3 Å². The molecule has 0 aromatic rings. The van der Waals surface area contributed by atoms with Gasteiger partial charge in [-0.15, -0.1) is 0 Å². The molecule has 6 heteroatoms. The number of rotatable bonds is 4. The van der Waals surface area contributed by atoms with Crippen LogP contribution in [0.25, 0.3) is 0 Å². The zero-order valence-electron chi connectivity index (χ0n) is 10.2. The van der Waals surface area contributed by atoms with Gasteiger partial charge in [-0.05, 0) is 13.8 Å². The first-order chi connectivity index (χ1) is 8.23. The van der Waals surface area contributed by atoms with Crippen molar-refractivity contribution in [1.82, 2.24) is 10.6 Å². The molecule has 0 saturated heterocycles. The van der Waals surface area contributed by atoms with Gasteiger partial charge in [0.25, 0.3) is 23.6 Å². The Hall–Kier alpha value is -2.50. The van der Waals surface area contributed by atoms with Crippen LogP contribution in [0.4, 0.5) is 0 Å². The molecule has 0 bridgehead atoms. The van der Waals surface area contributed by atoms with Gasteiger partial charge in [0.05, 0.1) is 0 Å². The van der Waals surface area contributed by atoms with E-state index in [1.54, 1.807) is 0 Å². The highest BCUT2D eigenvalue weighted by Gasteiger charge is 2.07. The molecule has 0 aliphatic carbocycles. The lowest BCUT2D eigenvalue weighted by atomic mass is 10.3. The Bertz CT molecular complexity index is 419. The Labute approximate surface area is 104 Å². The summed E-state index contributed by atoms with van der Waals surface area (Å²) in [6, 6.07) is 0. The highest BCUT2D eigenvalue weighted by Crippen LogP contribution is 1.87. The van der Waals surface area contributed by atoms with Crippen molar-refractivity contribution >= 4 is 23.6 Å². The predicted octanol–water partition coefficient (Wildman–Crippen LogP) is -0.0196. The van der Waals surface area contributed by atoms with Gasteiger partial charge in [0.15, 0.2) is 0 Å². The molecule has 0 fully saturated rings. The standard InChI is InChI=1S/C12H14N2O4/c1-7(2)11(17)13-9(15)5-6-10(16)14-12(18)8(3)4/h5-6H,1,3H2,2,4H3,(H,13,15,17)(H,14,16,18)/b6-5-. The maximum atomic E-state index is 11.1. The van der Waals surface area contributed by atoms with Gasteiger partial charge >= 0.3 is 0 Å². The second kappa shape index (κ2) is 6.95. The van der Waals surface area contributed by atoms with Gasteiger partial charge in [-0.3, -0.25) is 29.8 Å². The maximum Gasteiger partial charge on any atom is 0.253 e. The molecular formula is C12H14N2O4. The molecule has 0 rings (SSSR count). The Kier molecular flexibility index (Phi) is 5.98. The van der Waals surface area contributed by atoms with Crippen LogP contribution in [-0.2, 0) is 19.2 Å². The van der Waals surface area contributed by atoms with Gasteiger partial charge in [-0.25, -0.2) is 0 Å². The molecule has 6 nitrogen and oxygen atoms in total. The normalized spacial score (nSPS) is 9.67. The van der Waals surface area contributed by atoms with E-state index < -0.39 is 23.6 Å². The van der Waals surface area contributed by atoms with Crippen molar-refractivity contribution in [2.45, 2.75) is 13.8 Å². The molecule has 0 saturated carbocycles. The van der Waals surface area contributed by atoms with Crippen molar-refractivity contribution in [1.29, 1.82) is 0 Å². The van der Waals surface area contributed by atoms with Crippen LogP contribution in [0.3, 0.4) is 0 Å². The van der Waals surface area contributed by atoms with E-state index in [-0.39, 0.29) is 11.1 Å². The summed E-state index contributed by atoms with van der Waals surface area (Å²) in [6.45, 7) is 9.55. The van der Waals surface area contributed by atoms with Crippen LogP contribution in [0.2, 0.25) is 0 Å². The van der Waals surface area contributed by atoms with Crippen LogP contribution in [0.1, 0.15) is 13.8 Å². The SMILES string of the molecule is C=C(C)C(=O)NC(=O)/C=C\C(=O)NC(=O)C(=C)C. The zero-order chi connectivity index (χ0) is 14.3. The molecule has 0 aliphatic rings. The van der Waals surface area contributed by atoms with Crippen molar-refractivity contribution in [3.63, 3.8) is 0 Å². The fraction of sp³-hybridized carbons (Fsp3) is 0.167. The minimum atomic E-state index is -0.777. The summed E-state index contributed by atoms with van der Waals surface area (Å²) in [5, 5.41) is 3.93. The van der Waals surface area contributed by atoms with E-state index in [0.717, 1.165) is 12.2 Å². The highest BCUT2D eigenvalue weighted by molar-refractivity contribution is 6.11. The molecule has 0 aromatic carbocycles. The summed E-state index contributed by atoms with van der Waals surface area (Å²) in [7, 11) is 0. The highest BCUT2D eigenvalue weighted by atomic mass is 16.2. The second-order valence-electron chi connectivity index (χ2n) is 3.53. The fourth-order valence-electron chi connectivity index (χ4n) is 0.672. The Morgan fingerprint density at radius 1 is 0.778 bits per heavy atom. The van der Waals surface area contributed by atoms with Crippen LogP contribution in [0, 0.1) is 0 Å². The van der Waals surface area contributed by atoms with E-state index >= 15 is 0 Å². The summed E-state index contributed by atoms with van der Waals surface area (Å²) in [5.41, 5.74) is 0.331. The van der Waals surface area contributed by atoms with Crippen LogP contribution in [-0.4, -0.2) is 23.6 Å². The lowest BCUT2D eigenvalue weighted by Crippen LogP contribution is -2.31. The molecule has 96 valence electrons. The monoisotopic (exact) mass is 250 g/mol. The van der Waals surface area contributed by atoms with Crippen molar-refractivity contribution in [3.05, 3.63) is 36.5 Å². The number of carbonyl (C=O) groups is 4. The molecule has 0 atom stereocenters. The Balaban J connectivity index is 4.31. The van der Waals surface area contributed by atoms with Gasteiger partial charge in [-0.1, -0.05) is 13.2 Å². The lowest BCUT2D eigenvalue weighted by molar-refractivity contribution is -0.128. The molecule has 0 unspecified atom stereocenters. The van der Waals surface area contributed by atoms with Crippen molar-refractivity contribution in [2.75, 3.05) is 0 Å². The number of hydrogen-bond acceptors (Lipinski definition) is 4. The largest absolute Gasteiger partial charge is 0.289 e. The zero-order valence-corrected chi connectivity index (χ0v) is 10.2. The first kappa shape index (κ1) is 15.5. The van der Waals surface area contributed by atoms with Crippen LogP contribution in [0.5, 0.6) is 0 Å². The lowest BCUT2D eigenvalue weighted by Gasteiger charge is -2.00. The van der Waals surface area contributed by atoms with Gasteiger partial charge in [0.2, 0.25) is 0 Å². The van der Waals surface area contributed by atoms with Crippen LogP contribution >= 0.6 is 0 Å². The van der Waals surface area contributed by atoms with Crippen LogP contribution in [0.15, 0.2) is 36.5 Å². The molecule has 4 amide bonds. The van der Waals surface area contributed by atoms with Gasteiger partial charge in [0.1, 0.15) is 0 Å². The van der Waals surface area contributed by atoms with Crippen molar-refractivity contribution < 1.29 is 19.2 Å². The molecule has 0 spiro atoms. The maximum absolute atomic E-state index is 11.1. The minimum Gasteiger partial charge on any atom is -0.289 e. The molecular weight excluding hydrogens is 236 g/mol. The van der Waals surface area contributed by atoms with Gasteiger partial charge in [0, 0.05) is 23.3 Å². The van der Waals surface area contributed by atoms with E-state index in [2.05, 4.69) is 13.2 Å². The molecule has 0 radical (unpaired) electrons. The Morgan fingerprint density at radius 3 is 1.28 bits per heavy atom. The predicted molar refractivity (Wildman–Crippen MR) is 65.1 cm³/mol. The van der Waals surface area contributed by atoms with E-state index in [4.69, 9.17) is 0 Å². The quantitative estimate of drug-likeness (QED) is 0.686. The van der Waals surface area contributed by atoms with Gasteiger partial charge in [-0.2, -0.15) is 0 Å². The molecule has 18 heavy (non-hydrogen) atoms. The summed E-state index contributed by atoms with van der Waals surface area (Å²) in [5.74, 6) is -2.83. The minimum absolute atomic E-state index is 0.165. The van der Waals surface area contributed by atoms with Crippen molar-refractivity contribution in [3.8, 4) is 0 Å². The summed E-state index contributed by atoms with van der Waals surface area (Å²) in [4.78, 5) is 44.3. The number of hydrogen-bond donors (Lipinski definition) is 2. The average molecular weight is 250 g/mol. The van der Waals surface area contributed by atoms with Crippen molar-refractivity contribution in [2.24, 2.45) is 0 Å². The van der Waals surface area contributed by atoms with E-state index in [9.17, 15) is 19.2 Å². The number of imide groups is 2. The third kappa shape index (κ3) is 6.16. The molecule has 2 N–H and O–H groups in total. The summed E-state index contributed by atoms with van der Waals surface area (Å²) < 4.78 is 0. The first-order valence-electron chi connectivity index (χ1n) is 4.93. The third-order valence-electron chi connectivity index (χ3n) is 1.63. The molecule has 0 aliphatic heterocycles. The molecule has 0 heterocycles.